The number of nitrogens with one attached hydrogen (secondary N) is 2. The number of hydrogen-bond acceptors (Lipinski definition) is 4. The summed E-state index contributed by atoms with van der Waals surface area (Å²) in [6.07, 6.45) is 8.13. The maximum absolute atomic E-state index is 11.1. The van der Waals surface area contributed by atoms with Crippen LogP contribution in [0, 0.1) is 12.3 Å². The van der Waals surface area contributed by atoms with E-state index < -0.39 is 0 Å². The molecule has 0 amide bonds. The van der Waals surface area contributed by atoms with Gasteiger partial charge in [0.2, 0.25) is 0 Å². The van der Waals surface area contributed by atoms with E-state index in [4.69, 9.17) is 6.42 Å². The molecule has 14 heavy (non-hydrogen) atoms. The van der Waals surface area contributed by atoms with E-state index in [2.05, 4.69) is 21.2 Å². The molecule has 74 valence electrons. The lowest BCUT2D eigenvalue weighted by Crippen LogP contribution is -2.17. The van der Waals surface area contributed by atoms with Gasteiger partial charge in [0.15, 0.2) is 5.82 Å². The van der Waals surface area contributed by atoms with Gasteiger partial charge in [-0.1, -0.05) is 5.92 Å². The maximum atomic E-state index is 11.1. The SMILES string of the molecule is C#CCSCCNc1ncc[nH]c1=O. The van der Waals surface area contributed by atoms with Gasteiger partial charge in [-0.15, -0.1) is 18.2 Å². The van der Waals surface area contributed by atoms with E-state index >= 15 is 0 Å². The average molecular weight is 209 g/mol. The number of anilines is 1. The van der Waals surface area contributed by atoms with Crippen LogP contribution in [0.2, 0.25) is 0 Å². The zero-order valence-corrected chi connectivity index (χ0v) is 8.43. The molecule has 1 heterocycles. The summed E-state index contributed by atoms with van der Waals surface area (Å²) in [5.41, 5.74) is -0.200. The molecule has 0 aromatic carbocycles. The van der Waals surface area contributed by atoms with Crippen LogP contribution in [0.3, 0.4) is 0 Å². The molecule has 0 spiro atoms. The number of hydrogen-bond donors (Lipinski definition) is 2. The Bertz CT molecular complexity index is 369. The minimum atomic E-state index is -0.200. The Balaban J connectivity index is 2.29. The van der Waals surface area contributed by atoms with Gasteiger partial charge in [0, 0.05) is 24.7 Å². The Morgan fingerprint density at radius 3 is 3.29 bits per heavy atom. The van der Waals surface area contributed by atoms with Crippen LogP contribution in [0.25, 0.3) is 0 Å². The summed E-state index contributed by atoms with van der Waals surface area (Å²) in [6, 6.07) is 0. The molecule has 0 saturated carbocycles. The van der Waals surface area contributed by atoms with Gasteiger partial charge in [0.05, 0.1) is 5.75 Å². The second-order valence-corrected chi connectivity index (χ2v) is 3.56. The molecule has 0 radical (unpaired) electrons. The van der Waals surface area contributed by atoms with E-state index in [1.54, 1.807) is 11.8 Å². The van der Waals surface area contributed by atoms with E-state index in [0.29, 0.717) is 18.1 Å². The third-order valence-corrected chi connectivity index (χ3v) is 2.30. The standard InChI is InChI=1S/C9H11N3OS/c1-2-6-14-7-5-11-8-9(13)12-4-3-10-8/h1,3-4H,5-7H2,(H,10,11)(H,12,13). The summed E-state index contributed by atoms with van der Waals surface area (Å²) in [5.74, 6) is 4.44. The molecule has 0 saturated heterocycles. The van der Waals surface area contributed by atoms with Gasteiger partial charge in [0.1, 0.15) is 0 Å². The van der Waals surface area contributed by atoms with Gasteiger partial charge in [-0.2, -0.15) is 0 Å². The maximum Gasteiger partial charge on any atom is 0.290 e. The Morgan fingerprint density at radius 1 is 1.71 bits per heavy atom. The van der Waals surface area contributed by atoms with Crippen LogP contribution in [0.15, 0.2) is 17.2 Å². The Hall–Kier alpha value is -1.41. The molecule has 0 aliphatic carbocycles. The van der Waals surface area contributed by atoms with Gasteiger partial charge < -0.3 is 10.3 Å². The molecule has 5 heteroatoms. The van der Waals surface area contributed by atoms with Crippen molar-refractivity contribution in [3.05, 3.63) is 22.7 Å². The van der Waals surface area contributed by atoms with E-state index in [1.165, 1.54) is 12.4 Å². The summed E-state index contributed by atoms with van der Waals surface area (Å²) in [5, 5.41) is 2.93. The second-order valence-electron chi connectivity index (χ2n) is 2.45. The number of aromatic nitrogens is 2. The summed E-state index contributed by atoms with van der Waals surface area (Å²) < 4.78 is 0. The number of terminal acetylenes is 1. The number of rotatable bonds is 5. The molecule has 0 aliphatic rings. The van der Waals surface area contributed by atoms with Crippen molar-refractivity contribution >= 4 is 17.6 Å². The van der Waals surface area contributed by atoms with Crippen LogP contribution in [-0.2, 0) is 0 Å². The summed E-state index contributed by atoms with van der Waals surface area (Å²) in [6.45, 7) is 0.687. The van der Waals surface area contributed by atoms with Gasteiger partial charge >= 0.3 is 0 Å². The van der Waals surface area contributed by atoms with Crippen molar-refractivity contribution in [2.24, 2.45) is 0 Å². The molecule has 0 bridgehead atoms. The van der Waals surface area contributed by atoms with E-state index in [1.807, 2.05) is 0 Å². The summed E-state index contributed by atoms with van der Waals surface area (Å²) in [4.78, 5) is 17.5. The molecule has 2 N–H and O–H groups in total. The first-order chi connectivity index (χ1) is 6.84. The number of thioether (sulfide) groups is 1. The quantitative estimate of drug-likeness (QED) is 0.549. The third kappa shape index (κ3) is 3.54. The lowest BCUT2D eigenvalue weighted by atomic mass is 10.6. The Labute approximate surface area is 86.5 Å². The van der Waals surface area contributed by atoms with Crippen LogP contribution >= 0.6 is 11.8 Å². The smallest absolute Gasteiger partial charge is 0.290 e. The number of H-pyrrole nitrogens is 1. The monoisotopic (exact) mass is 209 g/mol. The highest BCUT2D eigenvalue weighted by atomic mass is 32.2. The van der Waals surface area contributed by atoms with Crippen LogP contribution in [0.5, 0.6) is 0 Å². The highest BCUT2D eigenvalue weighted by Crippen LogP contribution is 1.97. The molecule has 0 unspecified atom stereocenters. The van der Waals surface area contributed by atoms with E-state index in [0.717, 1.165) is 5.75 Å². The normalized spacial score (nSPS) is 9.36. The van der Waals surface area contributed by atoms with Crippen LogP contribution in [0.4, 0.5) is 5.82 Å². The Morgan fingerprint density at radius 2 is 2.57 bits per heavy atom. The molecular formula is C9H11N3OS. The van der Waals surface area contributed by atoms with Crippen molar-refractivity contribution in [3.8, 4) is 12.3 Å². The van der Waals surface area contributed by atoms with Crippen molar-refractivity contribution < 1.29 is 0 Å². The molecule has 1 aromatic heterocycles. The van der Waals surface area contributed by atoms with Crippen LogP contribution < -0.4 is 10.9 Å². The first kappa shape index (κ1) is 10.7. The zero-order chi connectivity index (χ0) is 10.2. The Kier molecular flexibility index (Phi) is 4.65. The predicted octanol–water partition coefficient (Wildman–Crippen LogP) is 0.548. The van der Waals surface area contributed by atoms with Crippen molar-refractivity contribution in [1.82, 2.24) is 9.97 Å². The molecular weight excluding hydrogens is 198 g/mol. The molecule has 0 aliphatic heterocycles. The summed E-state index contributed by atoms with van der Waals surface area (Å²) in [7, 11) is 0. The molecule has 0 atom stereocenters. The molecule has 1 aromatic rings. The first-order valence-electron chi connectivity index (χ1n) is 4.13. The van der Waals surface area contributed by atoms with Crippen LogP contribution in [0.1, 0.15) is 0 Å². The molecule has 4 nitrogen and oxygen atoms in total. The first-order valence-corrected chi connectivity index (χ1v) is 5.29. The van der Waals surface area contributed by atoms with Crippen molar-refractivity contribution in [2.45, 2.75) is 0 Å². The predicted molar refractivity (Wildman–Crippen MR) is 59.5 cm³/mol. The van der Waals surface area contributed by atoms with Gasteiger partial charge in [-0.05, 0) is 0 Å². The lowest BCUT2D eigenvalue weighted by molar-refractivity contribution is 1.09. The second kappa shape index (κ2) is 6.11. The molecule has 1 rings (SSSR count). The number of aromatic amines is 1. The van der Waals surface area contributed by atoms with E-state index in [-0.39, 0.29) is 5.56 Å². The average Bonchev–Trinajstić information content (AvgIpc) is 2.20. The minimum absolute atomic E-state index is 0.200. The molecule has 0 fully saturated rings. The lowest BCUT2D eigenvalue weighted by Gasteiger charge is -2.01. The highest BCUT2D eigenvalue weighted by Gasteiger charge is 1.96. The van der Waals surface area contributed by atoms with Crippen molar-refractivity contribution in [1.29, 1.82) is 0 Å². The third-order valence-electron chi connectivity index (χ3n) is 1.43. The van der Waals surface area contributed by atoms with Gasteiger partial charge in [-0.25, -0.2) is 4.98 Å². The van der Waals surface area contributed by atoms with Gasteiger partial charge in [-0.3, -0.25) is 4.79 Å². The van der Waals surface area contributed by atoms with Crippen molar-refractivity contribution in [3.63, 3.8) is 0 Å². The van der Waals surface area contributed by atoms with Crippen LogP contribution in [-0.4, -0.2) is 28.0 Å². The fourth-order valence-electron chi connectivity index (χ4n) is 0.850. The zero-order valence-electron chi connectivity index (χ0n) is 7.62. The van der Waals surface area contributed by atoms with Gasteiger partial charge in [0.25, 0.3) is 5.56 Å². The fraction of sp³-hybridized carbons (Fsp3) is 0.333. The summed E-state index contributed by atoms with van der Waals surface area (Å²) >= 11 is 1.64. The number of nitrogens with zero attached hydrogens (tertiary/aromatic N) is 1. The van der Waals surface area contributed by atoms with E-state index in [9.17, 15) is 4.79 Å². The fourth-order valence-corrected chi connectivity index (χ4v) is 1.36. The highest BCUT2D eigenvalue weighted by molar-refractivity contribution is 7.99. The van der Waals surface area contributed by atoms with Crippen molar-refractivity contribution in [2.75, 3.05) is 23.4 Å². The largest absolute Gasteiger partial charge is 0.365 e. The topological polar surface area (TPSA) is 57.8 Å². The minimum Gasteiger partial charge on any atom is -0.365 e.